The highest BCUT2D eigenvalue weighted by Crippen LogP contribution is 2.28. The highest BCUT2D eigenvalue weighted by atomic mass is 32.2. The zero-order chi connectivity index (χ0) is 13.7. The minimum Gasteiger partial charge on any atom is -0.497 e. The Morgan fingerprint density at radius 3 is 2.95 bits per heavy atom. The Kier molecular flexibility index (Phi) is 5.59. The number of hydrogen-bond acceptors (Lipinski definition) is 3. The van der Waals surface area contributed by atoms with E-state index >= 15 is 0 Å². The number of nitrogens with one attached hydrogen (secondary N) is 1. The minimum absolute atomic E-state index is 0.390. The molecule has 0 amide bonds. The van der Waals surface area contributed by atoms with Crippen LogP contribution in [-0.2, 0) is 0 Å². The lowest BCUT2D eigenvalue weighted by Crippen LogP contribution is -2.36. The topological polar surface area (TPSA) is 21.3 Å². The van der Waals surface area contributed by atoms with Crippen molar-refractivity contribution in [3.05, 3.63) is 29.8 Å². The van der Waals surface area contributed by atoms with Gasteiger partial charge < -0.3 is 10.1 Å². The van der Waals surface area contributed by atoms with Gasteiger partial charge >= 0.3 is 0 Å². The molecule has 0 aromatic heterocycles. The van der Waals surface area contributed by atoms with Gasteiger partial charge in [-0.15, -0.1) is 0 Å². The molecule has 2 rings (SSSR count). The number of ether oxygens (including phenoxy) is 1. The van der Waals surface area contributed by atoms with Crippen LogP contribution < -0.4 is 10.1 Å². The second kappa shape index (κ2) is 7.20. The van der Waals surface area contributed by atoms with Gasteiger partial charge in [-0.1, -0.05) is 18.6 Å². The van der Waals surface area contributed by atoms with E-state index in [2.05, 4.69) is 36.7 Å². The Morgan fingerprint density at radius 2 is 2.21 bits per heavy atom. The maximum absolute atomic E-state index is 5.30. The summed E-state index contributed by atoms with van der Waals surface area (Å²) in [7, 11) is 1.72. The average Bonchev–Trinajstić information content (AvgIpc) is 2.47. The van der Waals surface area contributed by atoms with E-state index < -0.39 is 0 Å². The van der Waals surface area contributed by atoms with Crippen molar-refractivity contribution in [1.82, 2.24) is 5.32 Å². The predicted molar refractivity (Wildman–Crippen MR) is 84.1 cm³/mol. The van der Waals surface area contributed by atoms with Crippen LogP contribution in [0, 0.1) is 0 Å². The van der Waals surface area contributed by atoms with Crippen LogP contribution in [0.4, 0.5) is 0 Å². The molecule has 1 fully saturated rings. The highest BCUT2D eigenvalue weighted by Gasteiger charge is 2.22. The number of rotatable bonds is 5. The van der Waals surface area contributed by atoms with Crippen molar-refractivity contribution in [3.8, 4) is 5.75 Å². The Morgan fingerprint density at radius 1 is 1.37 bits per heavy atom. The molecule has 1 saturated carbocycles. The standard InChI is InChI=1S/C16H25NOS/c1-12(13-6-4-8-15(10-13)18-2)17-14-7-5-9-16(11-14)19-3/h4,6,8,10,12,14,16-17H,5,7,9,11H2,1-3H3. The lowest BCUT2D eigenvalue weighted by molar-refractivity contribution is 0.352. The molecule has 2 nitrogen and oxygen atoms in total. The van der Waals surface area contributed by atoms with Gasteiger partial charge in [-0.3, -0.25) is 0 Å². The van der Waals surface area contributed by atoms with Crippen LogP contribution in [0.5, 0.6) is 5.75 Å². The molecule has 0 spiro atoms. The molecule has 3 atom stereocenters. The number of thioether (sulfide) groups is 1. The van der Waals surface area contributed by atoms with Gasteiger partial charge in [0.25, 0.3) is 0 Å². The summed E-state index contributed by atoms with van der Waals surface area (Å²) in [5.41, 5.74) is 1.31. The molecule has 1 aromatic carbocycles. The Balaban J connectivity index is 1.94. The van der Waals surface area contributed by atoms with Gasteiger partial charge in [-0.25, -0.2) is 0 Å². The van der Waals surface area contributed by atoms with Gasteiger partial charge in [0, 0.05) is 17.3 Å². The summed E-state index contributed by atoms with van der Waals surface area (Å²) in [6.07, 6.45) is 7.58. The summed E-state index contributed by atoms with van der Waals surface area (Å²) in [4.78, 5) is 0. The van der Waals surface area contributed by atoms with Crippen molar-refractivity contribution in [3.63, 3.8) is 0 Å². The first-order valence-electron chi connectivity index (χ1n) is 7.15. The predicted octanol–water partition coefficient (Wildman–Crippen LogP) is 4.02. The van der Waals surface area contributed by atoms with Crippen molar-refractivity contribution >= 4 is 11.8 Å². The molecule has 0 saturated heterocycles. The highest BCUT2D eigenvalue weighted by molar-refractivity contribution is 7.99. The first-order chi connectivity index (χ1) is 9.22. The van der Waals surface area contributed by atoms with Crippen molar-refractivity contribution in [2.75, 3.05) is 13.4 Å². The van der Waals surface area contributed by atoms with Crippen LogP contribution in [-0.4, -0.2) is 24.7 Å². The average molecular weight is 279 g/mol. The van der Waals surface area contributed by atoms with E-state index in [9.17, 15) is 0 Å². The van der Waals surface area contributed by atoms with E-state index in [1.54, 1.807) is 7.11 Å². The van der Waals surface area contributed by atoms with Crippen LogP contribution in [0.15, 0.2) is 24.3 Å². The van der Waals surface area contributed by atoms with Crippen LogP contribution in [0.1, 0.15) is 44.2 Å². The molecular weight excluding hydrogens is 254 g/mol. The van der Waals surface area contributed by atoms with E-state index in [0.29, 0.717) is 12.1 Å². The SMILES string of the molecule is COc1cccc(C(C)NC2CCCC(SC)C2)c1. The smallest absolute Gasteiger partial charge is 0.119 e. The molecule has 1 aliphatic rings. The van der Waals surface area contributed by atoms with Gasteiger partial charge in [0.05, 0.1) is 7.11 Å². The van der Waals surface area contributed by atoms with E-state index in [1.165, 1.54) is 31.2 Å². The van der Waals surface area contributed by atoms with Crippen LogP contribution in [0.25, 0.3) is 0 Å². The van der Waals surface area contributed by atoms with Gasteiger partial charge in [0.1, 0.15) is 5.75 Å². The van der Waals surface area contributed by atoms with E-state index in [0.717, 1.165) is 11.0 Å². The molecular formula is C16H25NOS. The maximum Gasteiger partial charge on any atom is 0.119 e. The summed E-state index contributed by atoms with van der Waals surface area (Å²) >= 11 is 2.02. The molecule has 1 aliphatic carbocycles. The Labute approximate surface area is 121 Å². The number of benzene rings is 1. The first-order valence-corrected chi connectivity index (χ1v) is 8.44. The third-order valence-electron chi connectivity index (χ3n) is 4.04. The van der Waals surface area contributed by atoms with Crippen molar-refractivity contribution in [2.45, 2.75) is 49.9 Å². The van der Waals surface area contributed by atoms with E-state index in [-0.39, 0.29) is 0 Å². The first kappa shape index (κ1) is 14.7. The largest absolute Gasteiger partial charge is 0.497 e. The lowest BCUT2D eigenvalue weighted by atomic mass is 9.93. The quantitative estimate of drug-likeness (QED) is 0.879. The van der Waals surface area contributed by atoms with E-state index in [1.807, 2.05) is 17.8 Å². The molecule has 106 valence electrons. The van der Waals surface area contributed by atoms with E-state index in [4.69, 9.17) is 4.74 Å². The fraction of sp³-hybridized carbons (Fsp3) is 0.625. The Bertz CT molecular complexity index is 396. The summed E-state index contributed by atoms with van der Waals surface area (Å²) in [6.45, 7) is 2.25. The third-order valence-corrected chi connectivity index (χ3v) is 5.13. The molecule has 0 heterocycles. The monoisotopic (exact) mass is 279 g/mol. The second-order valence-electron chi connectivity index (χ2n) is 5.39. The maximum atomic E-state index is 5.30. The molecule has 0 aliphatic heterocycles. The zero-order valence-electron chi connectivity index (χ0n) is 12.2. The summed E-state index contributed by atoms with van der Waals surface area (Å²) in [5, 5.41) is 4.62. The molecule has 3 unspecified atom stereocenters. The van der Waals surface area contributed by atoms with Crippen LogP contribution in [0.3, 0.4) is 0 Å². The molecule has 19 heavy (non-hydrogen) atoms. The molecule has 1 N–H and O–H groups in total. The normalized spacial score (nSPS) is 25.0. The van der Waals surface area contributed by atoms with Crippen LogP contribution >= 0.6 is 11.8 Å². The van der Waals surface area contributed by atoms with Gasteiger partial charge in [0.2, 0.25) is 0 Å². The fourth-order valence-electron chi connectivity index (χ4n) is 2.87. The molecule has 3 heteroatoms. The van der Waals surface area contributed by atoms with Crippen molar-refractivity contribution in [2.24, 2.45) is 0 Å². The molecule has 0 radical (unpaired) electrons. The third kappa shape index (κ3) is 4.15. The Hall–Kier alpha value is -0.670. The number of methoxy groups -OCH3 is 1. The molecule has 0 bridgehead atoms. The number of hydrogen-bond donors (Lipinski definition) is 1. The summed E-state index contributed by atoms with van der Waals surface area (Å²) in [6, 6.07) is 9.42. The second-order valence-corrected chi connectivity index (χ2v) is 6.52. The van der Waals surface area contributed by atoms with Gasteiger partial charge in [0.15, 0.2) is 0 Å². The zero-order valence-corrected chi connectivity index (χ0v) is 13.0. The van der Waals surface area contributed by atoms with Gasteiger partial charge in [-0.2, -0.15) is 11.8 Å². The fourth-order valence-corrected chi connectivity index (χ4v) is 3.70. The molecule has 1 aromatic rings. The van der Waals surface area contributed by atoms with Gasteiger partial charge in [-0.05, 0) is 50.1 Å². The van der Waals surface area contributed by atoms with Crippen molar-refractivity contribution in [1.29, 1.82) is 0 Å². The minimum atomic E-state index is 0.390. The summed E-state index contributed by atoms with van der Waals surface area (Å²) in [5.74, 6) is 0.941. The lowest BCUT2D eigenvalue weighted by Gasteiger charge is -2.31. The van der Waals surface area contributed by atoms with Crippen molar-refractivity contribution < 1.29 is 4.74 Å². The summed E-state index contributed by atoms with van der Waals surface area (Å²) < 4.78 is 5.30. The van der Waals surface area contributed by atoms with Crippen LogP contribution in [0.2, 0.25) is 0 Å².